The number of rotatable bonds is 6. The lowest BCUT2D eigenvalue weighted by atomic mass is 10.1. The molecule has 1 aliphatic rings. The second kappa shape index (κ2) is 9.47. The molecule has 1 aromatic heterocycles. The van der Waals surface area contributed by atoms with Crippen LogP contribution in [0.15, 0.2) is 34.7 Å². The second-order valence-corrected chi connectivity index (χ2v) is 7.30. The van der Waals surface area contributed by atoms with E-state index in [2.05, 4.69) is 5.32 Å². The van der Waals surface area contributed by atoms with Gasteiger partial charge in [-0.25, -0.2) is 0 Å². The zero-order valence-electron chi connectivity index (χ0n) is 17.6. The van der Waals surface area contributed by atoms with Crippen molar-refractivity contribution in [2.75, 3.05) is 39.8 Å². The summed E-state index contributed by atoms with van der Waals surface area (Å²) in [7, 11) is 1.59. The number of furan rings is 1. The largest absolute Gasteiger partial charge is 0.497 e. The third-order valence-electron chi connectivity index (χ3n) is 5.16. The number of benzene rings is 1. The first-order chi connectivity index (χ1) is 14.4. The van der Waals surface area contributed by atoms with Gasteiger partial charge in [-0.15, -0.1) is 0 Å². The van der Waals surface area contributed by atoms with Crippen molar-refractivity contribution < 1.29 is 23.5 Å². The van der Waals surface area contributed by atoms with Crippen molar-refractivity contribution in [2.24, 2.45) is 0 Å². The number of hydrogen-bond acceptors (Lipinski definition) is 5. The summed E-state index contributed by atoms with van der Waals surface area (Å²) >= 11 is 0. The highest BCUT2D eigenvalue weighted by atomic mass is 16.5. The summed E-state index contributed by atoms with van der Waals surface area (Å²) in [5, 5.41) is 2.65. The Labute approximate surface area is 175 Å². The van der Waals surface area contributed by atoms with Crippen molar-refractivity contribution in [3.63, 3.8) is 0 Å². The maximum atomic E-state index is 12.6. The molecular formula is C22H27N3O5. The second-order valence-electron chi connectivity index (χ2n) is 7.30. The van der Waals surface area contributed by atoms with Crippen molar-refractivity contribution in [1.29, 1.82) is 0 Å². The molecule has 8 nitrogen and oxygen atoms in total. The molecule has 160 valence electrons. The fraction of sp³-hybridized carbons (Fsp3) is 0.409. The number of nitrogens with zero attached hydrogens (tertiary/aromatic N) is 2. The molecule has 1 N–H and O–H groups in total. The average molecular weight is 413 g/mol. The van der Waals surface area contributed by atoms with Gasteiger partial charge in [0.1, 0.15) is 17.3 Å². The average Bonchev–Trinajstić information content (AvgIpc) is 3.10. The topological polar surface area (TPSA) is 92.1 Å². The van der Waals surface area contributed by atoms with Crippen molar-refractivity contribution in [3.05, 3.63) is 53.0 Å². The van der Waals surface area contributed by atoms with Gasteiger partial charge in [0.2, 0.25) is 11.8 Å². The molecule has 0 radical (unpaired) electrons. The summed E-state index contributed by atoms with van der Waals surface area (Å²) in [5.74, 6) is 1.43. The van der Waals surface area contributed by atoms with E-state index in [0.717, 1.165) is 11.3 Å². The molecule has 0 atom stereocenters. The highest BCUT2D eigenvalue weighted by Gasteiger charge is 2.24. The van der Waals surface area contributed by atoms with Gasteiger partial charge in [0, 0.05) is 26.2 Å². The normalized spacial score (nSPS) is 13.8. The molecule has 0 bridgehead atoms. The minimum atomic E-state index is -0.329. The minimum absolute atomic E-state index is 0.0226. The number of amides is 3. The van der Waals surface area contributed by atoms with E-state index in [0.29, 0.717) is 49.7 Å². The van der Waals surface area contributed by atoms with E-state index < -0.39 is 0 Å². The Bertz CT molecular complexity index is 929. The van der Waals surface area contributed by atoms with E-state index in [1.54, 1.807) is 36.8 Å². The first-order valence-corrected chi connectivity index (χ1v) is 9.91. The lowest BCUT2D eigenvalue weighted by molar-refractivity contribution is -0.138. The molecule has 2 aromatic rings. The first kappa shape index (κ1) is 21.4. The SMILES string of the molecule is COc1cccc(CC(=O)N2CCN(C(=O)CNC(=O)c3cc(C)oc3C)CC2)c1. The molecule has 30 heavy (non-hydrogen) atoms. The van der Waals surface area contributed by atoms with E-state index in [1.807, 2.05) is 24.3 Å². The van der Waals surface area contributed by atoms with Gasteiger partial charge in [-0.05, 0) is 37.6 Å². The third-order valence-corrected chi connectivity index (χ3v) is 5.16. The Morgan fingerprint density at radius 3 is 2.30 bits per heavy atom. The molecule has 1 fully saturated rings. The first-order valence-electron chi connectivity index (χ1n) is 9.91. The molecule has 0 unspecified atom stereocenters. The zero-order valence-corrected chi connectivity index (χ0v) is 17.6. The molecule has 1 aliphatic heterocycles. The molecule has 1 aromatic carbocycles. The Hall–Kier alpha value is -3.29. The standard InChI is InChI=1S/C22H27N3O5/c1-15-11-19(16(2)30-15)22(28)23-14-21(27)25-9-7-24(8-10-25)20(26)13-17-5-4-6-18(12-17)29-3/h4-6,11-12H,7-10,13-14H2,1-3H3,(H,23,28). The number of carbonyl (C=O) groups is 3. The Morgan fingerprint density at radius 1 is 1.03 bits per heavy atom. The van der Waals surface area contributed by atoms with Gasteiger partial charge in [-0.3, -0.25) is 14.4 Å². The molecular weight excluding hydrogens is 386 g/mol. The van der Waals surface area contributed by atoms with Crippen LogP contribution >= 0.6 is 0 Å². The van der Waals surface area contributed by atoms with Crippen molar-refractivity contribution in [1.82, 2.24) is 15.1 Å². The van der Waals surface area contributed by atoms with Gasteiger partial charge < -0.3 is 24.3 Å². The molecule has 1 saturated heterocycles. The number of ether oxygens (including phenoxy) is 1. The minimum Gasteiger partial charge on any atom is -0.497 e. The lowest BCUT2D eigenvalue weighted by Gasteiger charge is -2.35. The fourth-order valence-electron chi connectivity index (χ4n) is 3.49. The van der Waals surface area contributed by atoms with Gasteiger partial charge in [0.25, 0.3) is 5.91 Å². The summed E-state index contributed by atoms with van der Waals surface area (Å²) in [5.41, 5.74) is 1.33. The number of nitrogens with one attached hydrogen (secondary N) is 1. The number of piperazine rings is 1. The highest BCUT2D eigenvalue weighted by molar-refractivity contribution is 5.97. The molecule has 8 heteroatoms. The summed E-state index contributed by atoms with van der Waals surface area (Å²) in [4.78, 5) is 40.7. The van der Waals surface area contributed by atoms with E-state index in [4.69, 9.17) is 9.15 Å². The van der Waals surface area contributed by atoms with E-state index in [-0.39, 0.29) is 24.3 Å². The van der Waals surface area contributed by atoms with Crippen LogP contribution in [0.5, 0.6) is 5.75 Å². The highest BCUT2D eigenvalue weighted by Crippen LogP contribution is 2.15. The molecule has 0 saturated carbocycles. The van der Waals surface area contributed by atoms with Crippen LogP contribution in [0.3, 0.4) is 0 Å². The molecule has 0 aliphatic carbocycles. The quantitative estimate of drug-likeness (QED) is 0.776. The predicted molar refractivity (Wildman–Crippen MR) is 110 cm³/mol. The van der Waals surface area contributed by atoms with Crippen LogP contribution in [0.25, 0.3) is 0 Å². The molecule has 3 amide bonds. The fourth-order valence-corrected chi connectivity index (χ4v) is 3.49. The van der Waals surface area contributed by atoms with Gasteiger partial charge in [-0.1, -0.05) is 12.1 Å². The van der Waals surface area contributed by atoms with E-state index >= 15 is 0 Å². The van der Waals surface area contributed by atoms with Crippen molar-refractivity contribution in [3.8, 4) is 5.75 Å². The monoisotopic (exact) mass is 413 g/mol. The van der Waals surface area contributed by atoms with Gasteiger partial charge >= 0.3 is 0 Å². The van der Waals surface area contributed by atoms with Crippen molar-refractivity contribution in [2.45, 2.75) is 20.3 Å². The molecule has 3 rings (SSSR count). The number of hydrogen-bond donors (Lipinski definition) is 1. The number of methoxy groups -OCH3 is 1. The maximum absolute atomic E-state index is 12.6. The number of aryl methyl sites for hydroxylation is 2. The third kappa shape index (κ3) is 5.20. The Kier molecular flexibility index (Phi) is 6.76. The summed E-state index contributed by atoms with van der Waals surface area (Å²) < 4.78 is 10.5. The summed E-state index contributed by atoms with van der Waals surface area (Å²) in [6, 6.07) is 9.10. The molecule has 2 heterocycles. The van der Waals surface area contributed by atoms with Gasteiger partial charge in [0.15, 0.2) is 0 Å². The van der Waals surface area contributed by atoms with Crippen LogP contribution in [0.2, 0.25) is 0 Å². The maximum Gasteiger partial charge on any atom is 0.255 e. The van der Waals surface area contributed by atoms with Crippen LogP contribution in [0.1, 0.15) is 27.4 Å². The molecule has 0 spiro atoms. The van der Waals surface area contributed by atoms with Gasteiger partial charge in [-0.2, -0.15) is 0 Å². The number of carbonyl (C=O) groups excluding carboxylic acids is 3. The van der Waals surface area contributed by atoms with E-state index in [1.165, 1.54) is 0 Å². The summed E-state index contributed by atoms with van der Waals surface area (Å²) in [6.45, 7) is 5.24. The van der Waals surface area contributed by atoms with E-state index in [9.17, 15) is 14.4 Å². The zero-order chi connectivity index (χ0) is 21.7. The van der Waals surface area contributed by atoms with Crippen LogP contribution in [-0.4, -0.2) is 67.4 Å². The lowest BCUT2D eigenvalue weighted by Crippen LogP contribution is -2.52. The van der Waals surface area contributed by atoms with Crippen LogP contribution < -0.4 is 10.1 Å². The van der Waals surface area contributed by atoms with Gasteiger partial charge in [0.05, 0.1) is 25.6 Å². The van der Waals surface area contributed by atoms with Crippen LogP contribution in [-0.2, 0) is 16.0 Å². The Balaban J connectivity index is 1.45. The van der Waals surface area contributed by atoms with Crippen LogP contribution in [0, 0.1) is 13.8 Å². The predicted octanol–water partition coefficient (Wildman–Crippen LogP) is 1.55. The van der Waals surface area contributed by atoms with Crippen molar-refractivity contribution >= 4 is 17.7 Å². The summed E-state index contributed by atoms with van der Waals surface area (Å²) in [6.07, 6.45) is 0.296. The Morgan fingerprint density at radius 2 is 1.70 bits per heavy atom. The smallest absolute Gasteiger partial charge is 0.255 e. The van der Waals surface area contributed by atoms with Crippen LogP contribution in [0.4, 0.5) is 0 Å².